The van der Waals surface area contributed by atoms with Gasteiger partial charge in [-0.1, -0.05) is 61.9 Å². The van der Waals surface area contributed by atoms with Crippen LogP contribution in [0.4, 0.5) is 5.69 Å². The van der Waals surface area contributed by atoms with E-state index in [4.69, 9.17) is 14.8 Å². The summed E-state index contributed by atoms with van der Waals surface area (Å²) < 4.78 is 9.24. The molecule has 6 rings (SSSR count). The molecule has 0 aliphatic heterocycles. The lowest BCUT2D eigenvalue weighted by atomic mass is 9.96. The number of amides is 1. The van der Waals surface area contributed by atoms with E-state index in [0.29, 0.717) is 23.3 Å². The Bertz CT molecular complexity index is 2160. The molecule has 1 N–H and O–H groups in total. The smallest absolute Gasteiger partial charge is 0.282 e. The van der Waals surface area contributed by atoms with Gasteiger partial charge in [-0.3, -0.25) is 9.59 Å². The largest absolute Gasteiger partial charge is 0.494 e. The molecule has 1 amide bonds. The summed E-state index contributed by atoms with van der Waals surface area (Å²) in [5.41, 5.74) is 6.63. The van der Waals surface area contributed by atoms with Crippen molar-refractivity contribution in [3.63, 3.8) is 0 Å². The molecular weight excluding hydrogens is 574 g/mol. The van der Waals surface area contributed by atoms with Crippen molar-refractivity contribution in [1.29, 1.82) is 0 Å². The third-order valence-electron chi connectivity index (χ3n) is 8.05. The van der Waals surface area contributed by atoms with Gasteiger partial charge in [-0.2, -0.15) is 9.78 Å². The molecule has 2 heterocycles. The summed E-state index contributed by atoms with van der Waals surface area (Å²) in [6.07, 6.45) is 3.56. The van der Waals surface area contributed by atoms with Crippen molar-refractivity contribution < 1.29 is 9.53 Å². The predicted molar refractivity (Wildman–Crippen MR) is 186 cm³/mol. The third kappa shape index (κ3) is 6.06. The van der Waals surface area contributed by atoms with Crippen LogP contribution in [0, 0.1) is 13.8 Å². The van der Waals surface area contributed by atoms with E-state index < -0.39 is 0 Å². The highest BCUT2D eigenvalue weighted by Gasteiger charge is 2.19. The third-order valence-corrected chi connectivity index (χ3v) is 8.05. The average molecular weight is 612 g/mol. The first-order valence-electron chi connectivity index (χ1n) is 15.5. The van der Waals surface area contributed by atoms with E-state index in [0.717, 1.165) is 50.2 Å². The van der Waals surface area contributed by atoms with Crippen LogP contribution >= 0.6 is 0 Å². The number of anilines is 1. The number of hydrogen-bond acceptors (Lipinski definition) is 5. The van der Waals surface area contributed by atoms with Crippen LogP contribution in [0.2, 0.25) is 0 Å². The zero-order valence-corrected chi connectivity index (χ0v) is 26.7. The molecule has 46 heavy (non-hydrogen) atoms. The molecule has 0 aliphatic rings. The Morgan fingerprint density at radius 3 is 2.43 bits per heavy atom. The highest BCUT2D eigenvalue weighted by Crippen LogP contribution is 2.34. The van der Waals surface area contributed by atoms with Gasteiger partial charge in [0.2, 0.25) is 5.91 Å². The summed E-state index contributed by atoms with van der Waals surface area (Å²) in [5, 5.41) is 9.13. The summed E-state index contributed by atoms with van der Waals surface area (Å²) in [4.78, 5) is 32.0. The summed E-state index contributed by atoms with van der Waals surface area (Å²) in [5.74, 6) is 1.33. The van der Waals surface area contributed by atoms with Gasteiger partial charge in [0, 0.05) is 33.9 Å². The number of hydrogen-bond donors (Lipinski definition) is 1. The summed E-state index contributed by atoms with van der Waals surface area (Å²) in [6.45, 7) is 10.9. The van der Waals surface area contributed by atoms with Gasteiger partial charge in [-0.25, -0.2) is 4.98 Å². The van der Waals surface area contributed by atoms with Crippen molar-refractivity contribution in [3.05, 3.63) is 124 Å². The second kappa shape index (κ2) is 12.9. The number of nitrogens with zero attached hydrogens (tertiary/aromatic N) is 4. The van der Waals surface area contributed by atoms with Crippen LogP contribution in [0.1, 0.15) is 48.9 Å². The SMILES string of the molecule is CCOc1cc(C)c(-c2nc3ccccc3c(=O)n2N=Cc2cn(CC(=O)Nc3ccc(C)cc3)c3ccccc23)cc1C(C)C. The molecule has 0 unspecified atom stereocenters. The lowest BCUT2D eigenvalue weighted by Crippen LogP contribution is -2.21. The Labute approximate surface area is 268 Å². The first kappa shape index (κ1) is 30.5. The van der Waals surface area contributed by atoms with Gasteiger partial charge in [-0.05, 0) is 80.3 Å². The zero-order valence-electron chi connectivity index (χ0n) is 26.7. The molecule has 232 valence electrons. The molecule has 0 saturated carbocycles. The lowest BCUT2D eigenvalue weighted by molar-refractivity contribution is -0.116. The molecule has 0 radical (unpaired) electrons. The molecule has 2 aromatic heterocycles. The van der Waals surface area contributed by atoms with Crippen molar-refractivity contribution in [2.24, 2.45) is 5.10 Å². The first-order valence-corrected chi connectivity index (χ1v) is 15.5. The van der Waals surface area contributed by atoms with Crippen molar-refractivity contribution in [1.82, 2.24) is 14.2 Å². The molecule has 4 aromatic carbocycles. The molecule has 8 heteroatoms. The standard InChI is InChI=1S/C38H37N5O3/c1-6-46-35-19-26(5)32(20-31(35)24(2)3)37-41-33-13-9-7-12-30(33)38(45)43(37)39-21-27-22-42(34-14-10-8-11-29(27)34)23-36(44)40-28-17-15-25(4)16-18-28/h7-22,24H,6,23H2,1-5H3,(H,40,44). The molecule has 0 saturated heterocycles. The van der Waals surface area contributed by atoms with E-state index in [-0.39, 0.29) is 23.9 Å². The Kier molecular flexibility index (Phi) is 8.53. The number of nitrogens with one attached hydrogen (secondary N) is 1. The number of aryl methyl sites for hydroxylation is 2. The maximum atomic E-state index is 14.0. The van der Waals surface area contributed by atoms with Gasteiger partial charge in [-0.15, -0.1) is 0 Å². The van der Waals surface area contributed by atoms with Gasteiger partial charge in [0.25, 0.3) is 5.56 Å². The topological polar surface area (TPSA) is 90.5 Å². The Morgan fingerprint density at radius 1 is 0.978 bits per heavy atom. The molecule has 6 aromatic rings. The summed E-state index contributed by atoms with van der Waals surface area (Å²) in [6, 6.07) is 26.9. The van der Waals surface area contributed by atoms with E-state index in [9.17, 15) is 9.59 Å². The van der Waals surface area contributed by atoms with Crippen LogP contribution in [0.5, 0.6) is 5.75 Å². The Balaban J connectivity index is 1.44. The zero-order chi connectivity index (χ0) is 32.4. The van der Waals surface area contributed by atoms with E-state index in [2.05, 4.69) is 25.2 Å². The van der Waals surface area contributed by atoms with E-state index >= 15 is 0 Å². The molecular formula is C38H37N5O3. The van der Waals surface area contributed by atoms with Gasteiger partial charge >= 0.3 is 0 Å². The number of aromatic nitrogens is 3. The quantitative estimate of drug-likeness (QED) is 0.170. The molecule has 0 atom stereocenters. The molecule has 0 aliphatic carbocycles. The normalized spacial score (nSPS) is 11.6. The molecule has 8 nitrogen and oxygen atoms in total. The van der Waals surface area contributed by atoms with E-state index in [1.54, 1.807) is 12.3 Å². The van der Waals surface area contributed by atoms with Crippen molar-refractivity contribution in [3.8, 4) is 17.1 Å². The fourth-order valence-corrected chi connectivity index (χ4v) is 5.70. The fraction of sp³-hybridized carbons (Fsp3) is 0.211. The van der Waals surface area contributed by atoms with Gasteiger partial charge in [0.1, 0.15) is 12.3 Å². The van der Waals surface area contributed by atoms with Gasteiger partial charge in [0.05, 0.1) is 23.7 Å². The van der Waals surface area contributed by atoms with Crippen LogP contribution in [0.25, 0.3) is 33.2 Å². The van der Waals surface area contributed by atoms with E-state index in [1.807, 2.05) is 104 Å². The van der Waals surface area contributed by atoms with Crippen LogP contribution in [-0.2, 0) is 11.3 Å². The minimum Gasteiger partial charge on any atom is -0.494 e. The average Bonchev–Trinajstić information content (AvgIpc) is 3.38. The lowest BCUT2D eigenvalue weighted by Gasteiger charge is -2.18. The molecule has 0 bridgehead atoms. The second-order valence-corrected chi connectivity index (χ2v) is 11.8. The van der Waals surface area contributed by atoms with Crippen LogP contribution in [0.15, 0.2) is 101 Å². The van der Waals surface area contributed by atoms with Crippen LogP contribution in [-0.4, -0.2) is 33.0 Å². The number of carbonyl (C=O) groups excluding carboxylic acids is 1. The highest BCUT2D eigenvalue weighted by molar-refractivity contribution is 6.00. The minimum absolute atomic E-state index is 0.119. The van der Waals surface area contributed by atoms with Crippen LogP contribution < -0.4 is 15.6 Å². The molecule has 0 spiro atoms. The van der Waals surface area contributed by atoms with Gasteiger partial charge in [0.15, 0.2) is 5.82 Å². The minimum atomic E-state index is -0.266. The number of rotatable bonds is 9. The monoisotopic (exact) mass is 611 g/mol. The number of carbonyl (C=O) groups is 1. The van der Waals surface area contributed by atoms with Gasteiger partial charge < -0.3 is 14.6 Å². The predicted octanol–water partition coefficient (Wildman–Crippen LogP) is 7.68. The Hall–Kier alpha value is -5.50. The summed E-state index contributed by atoms with van der Waals surface area (Å²) in [7, 11) is 0. The number of benzene rings is 4. The van der Waals surface area contributed by atoms with Crippen molar-refractivity contribution >= 4 is 39.6 Å². The highest BCUT2D eigenvalue weighted by atomic mass is 16.5. The second-order valence-electron chi connectivity index (χ2n) is 11.8. The number of para-hydroxylation sites is 2. The van der Waals surface area contributed by atoms with Crippen molar-refractivity contribution in [2.45, 2.75) is 47.1 Å². The Morgan fingerprint density at radius 2 is 1.70 bits per heavy atom. The summed E-state index contributed by atoms with van der Waals surface area (Å²) >= 11 is 0. The number of ether oxygens (including phenoxy) is 1. The molecule has 0 fully saturated rings. The maximum absolute atomic E-state index is 14.0. The first-order chi connectivity index (χ1) is 22.2. The fourth-order valence-electron chi connectivity index (χ4n) is 5.70. The van der Waals surface area contributed by atoms with Crippen molar-refractivity contribution in [2.75, 3.05) is 11.9 Å². The number of fused-ring (bicyclic) bond motifs is 2. The van der Waals surface area contributed by atoms with E-state index in [1.165, 1.54) is 4.68 Å². The van der Waals surface area contributed by atoms with Crippen LogP contribution in [0.3, 0.4) is 0 Å². The maximum Gasteiger partial charge on any atom is 0.282 e.